The first kappa shape index (κ1) is 17.1. The molecule has 0 aliphatic heterocycles. The lowest BCUT2D eigenvalue weighted by Crippen LogP contribution is -2.19. The van der Waals surface area contributed by atoms with Crippen molar-refractivity contribution in [1.29, 1.82) is 0 Å². The van der Waals surface area contributed by atoms with Gasteiger partial charge in [-0.2, -0.15) is 8.80 Å². The Labute approximate surface area is 165 Å². The molecule has 0 bridgehead atoms. The fourth-order valence-corrected chi connectivity index (χ4v) is 4.36. The number of aryl methyl sites for hydroxylation is 1. The highest BCUT2D eigenvalue weighted by atomic mass is 15.1. The summed E-state index contributed by atoms with van der Waals surface area (Å²) < 4.78 is 4.66. The van der Waals surface area contributed by atoms with Crippen LogP contribution in [0.4, 0.5) is 5.69 Å². The van der Waals surface area contributed by atoms with Crippen molar-refractivity contribution in [3.8, 4) is 0 Å². The molecule has 3 heteroatoms. The summed E-state index contributed by atoms with van der Waals surface area (Å²) in [7, 11) is 0. The van der Waals surface area contributed by atoms with Crippen LogP contribution < -0.4 is 9.72 Å². The number of anilines is 1. The van der Waals surface area contributed by atoms with Gasteiger partial charge in [0.2, 0.25) is 0 Å². The molecule has 0 radical (unpaired) electrons. The highest BCUT2D eigenvalue weighted by Gasteiger charge is 2.17. The Morgan fingerprint density at radius 2 is 1.82 bits per heavy atom. The third-order valence-electron chi connectivity index (χ3n) is 5.69. The molecule has 3 heterocycles. The number of nitrogens with one attached hydrogen (secondary N) is 1. The van der Waals surface area contributed by atoms with Crippen LogP contribution in [0, 0.1) is 6.92 Å². The summed E-state index contributed by atoms with van der Waals surface area (Å²) in [6.07, 6.45) is 4.62. The molecule has 0 aliphatic rings. The quantitative estimate of drug-likeness (QED) is 0.392. The van der Waals surface area contributed by atoms with Crippen LogP contribution >= 0.6 is 0 Å². The largest absolute Gasteiger partial charge is 0.383 e. The lowest BCUT2D eigenvalue weighted by atomic mass is 10.1. The molecule has 1 atom stereocenters. The number of rotatable bonds is 4. The van der Waals surface area contributed by atoms with Crippen LogP contribution in [0.2, 0.25) is 0 Å². The molecule has 28 heavy (non-hydrogen) atoms. The fourth-order valence-electron chi connectivity index (χ4n) is 4.36. The minimum Gasteiger partial charge on any atom is -0.383 e. The second kappa shape index (κ2) is 6.52. The van der Waals surface area contributed by atoms with Gasteiger partial charge in [0.05, 0.1) is 0 Å². The molecule has 3 aromatic heterocycles. The van der Waals surface area contributed by atoms with E-state index >= 15 is 0 Å². The van der Waals surface area contributed by atoms with E-state index in [1.807, 2.05) is 0 Å². The first-order valence-electron chi connectivity index (χ1n) is 10.2. The van der Waals surface area contributed by atoms with Gasteiger partial charge < -0.3 is 5.32 Å². The molecule has 2 aromatic carbocycles. The first-order chi connectivity index (χ1) is 13.6. The minimum atomic E-state index is 0.490. The van der Waals surface area contributed by atoms with Gasteiger partial charge in [0.1, 0.15) is 17.2 Å². The molecule has 0 amide bonds. The van der Waals surface area contributed by atoms with Crippen molar-refractivity contribution in [2.75, 3.05) is 5.32 Å². The van der Waals surface area contributed by atoms with Crippen molar-refractivity contribution in [2.24, 2.45) is 0 Å². The Balaban J connectivity index is 1.72. The average Bonchev–Trinajstić information content (AvgIpc) is 3.07. The monoisotopic (exact) mass is 368 g/mol. The smallest absolute Gasteiger partial charge is 0.292 e. The van der Waals surface area contributed by atoms with Gasteiger partial charge in [-0.3, -0.25) is 0 Å². The molecule has 5 rings (SSSR count). The predicted molar refractivity (Wildman–Crippen MR) is 118 cm³/mol. The summed E-state index contributed by atoms with van der Waals surface area (Å²) in [5, 5.41) is 6.15. The lowest BCUT2D eigenvalue weighted by molar-refractivity contribution is -0.479. The third-order valence-corrected chi connectivity index (χ3v) is 5.69. The number of hydrogen-bond acceptors (Lipinski definition) is 1. The number of imidazole rings is 1. The highest BCUT2D eigenvalue weighted by molar-refractivity contribution is 5.88. The highest BCUT2D eigenvalue weighted by Crippen LogP contribution is 2.24. The maximum atomic E-state index is 3.63. The van der Waals surface area contributed by atoms with Crippen LogP contribution in [0.1, 0.15) is 32.3 Å². The predicted octanol–water partition coefficient (Wildman–Crippen LogP) is 5.89. The van der Waals surface area contributed by atoms with E-state index in [2.05, 4.69) is 102 Å². The van der Waals surface area contributed by atoms with Crippen LogP contribution in [0.25, 0.3) is 33.0 Å². The van der Waals surface area contributed by atoms with E-state index in [-0.39, 0.29) is 0 Å². The van der Waals surface area contributed by atoms with Crippen LogP contribution in [0.15, 0.2) is 66.9 Å². The summed E-state index contributed by atoms with van der Waals surface area (Å²) in [6, 6.07) is 22.7. The van der Waals surface area contributed by atoms with Crippen molar-refractivity contribution in [2.45, 2.75) is 39.7 Å². The minimum absolute atomic E-state index is 0.490. The summed E-state index contributed by atoms with van der Waals surface area (Å²) >= 11 is 0. The molecule has 3 nitrogen and oxygen atoms in total. The second-order valence-electron chi connectivity index (χ2n) is 7.95. The number of nitrogens with zero attached hydrogens (tertiary/aromatic N) is 2. The second-order valence-corrected chi connectivity index (χ2v) is 7.95. The third kappa shape index (κ3) is 2.70. The molecule has 1 N–H and O–H groups in total. The summed E-state index contributed by atoms with van der Waals surface area (Å²) in [6.45, 7) is 6.62. The number of benzene rings is 2. The number of fused-ring (bicyclic) bond motifs is 7. The van der Waals surface area contributed by atoms with Gasteiger partial charge in [-0.25, -0.2) is 0 Å². The van der Waals surface area contributed by atoms with Crippen molar-refractivity contribution in [3.05, 3.63) is 72.4 Å². The Morgan fingerprint density at radius 1 is 0.964 bits per heavy atom. The van der Waals surface area contributed by atoms with Gasteiger partial charge in [-0.1, -0.05) is 25.0 Å². The van der Waals surface area contributed by atoms with Gasteiger partial charge in [0, 0.05) is 28.6 Å². The van der Waals surface area contributed by atoms with Crippen molar-refractivity contribution >= 4 is 38.7 Å². The molecule has 5 aromatic rings. The fraction of sp³-hybridized carbons (Fsp3) is 0.240. The van der Waals surface area contributed by atoms with Gasteiger partial charge in [0.25, 0.3) is 5.65 Å². The summed E-state index contributed by atoms with van der Waals surface area (Å²) in [5.74, 6) is 0. The normalized spacial score (nSPS) is 13.0. The van der Waals surface area contributed by atoms with E-state index in [1.54, 1.807) is 0 Å². The van der Waals surface area contributed by atoms with E-state index in [4.69, 9.17) is 0 Å². The topological polar surface area (TPSA) is 20.5 Å². The van der Waals surface area contributed by atoms with Crippen LogP contribution in [-0.2, 0) is 0 Å². The molecule has 0 aliphatic carbocycles. The van der Waals surface area contributed by atoms with Crippen molar-refractivity contribution in [1.82, 2.24) is 4.40 Å². The summed E-state index contributed by atoms with van der Waals surface area (Å²) in [5.41, 5.74) is 7.36. The number of hydrogen-bond donors (Lipinski definition) is 1. The molecule has 0 fully saturated rings. The van der Waals surface area contributed by atoms with E-state index in [0.717, 1.165) is 0 Å². The summed E-state index contributed by atoms with van der Waals surface area (Å²) in [4.78, 5) is 0. The Kier molecular flexibility index (Phi) is 3.97. The number of aromatic nitrogens is 2. The lowest BCUT2D eigenvalue weighted by Gasteiger charge is -2.14. The maximum absolute atomic E-state index is 3.63. The molecule has 0 spiro atoms. The van der Waals surface area contributed by atoms with Gasteiger partial charge in [-0.05, 0) is 68.8 Å². The van der Waals surface area contributed by atoms with Crippen LogP contribution in [-0.4, -0.2) is 10.4 Å². The van der Waals surface area contributed by atoms with Gasteiger partial charge in [0.15, 0.2) is 5.52 Å². The Morgan fingerprint density at radius 3 is 2.68 bits per heavy atom. The zero-order valence-corrected chi connectivity index (χ0v) is 16.7. The molecule has 1 unspecified atom stereocenters. The van der Waals surface area contributed by atoms with Gasteiger partial charge >= 0.3 is 0 Å². The molecule has 0 saturated heterocycles. The molecular formula is C25H26N3+. The van der Waals surface area contributed by atoms with Crippen molar-refractivity contribution in [3.63, 3.8) is 0 Å². The SMILES string of the molecule is CCCC(C)Nc1ccc2c(ccc3c[n+]4c5ccc(C)cc5ccc4n32)c1. The zero-order valence-electron chi connectivity index (χ0n) is 16.7. The standard InChI is InChI=1S/C25H26N3/c1-4-5-18(3)26-21-9-12-24-20(15-21)7-10-22-16-27-23-11-6-17(2)14-19(23)8-13-25(27)28(22)24/h6-16,18,26H,4-5H2,1-3H3/q+1. The number of pyridine rings is 2. The van der Waals surface area contributed by atoms with E-state index < -0.39 is 0 Å². The van der Waals surface area contributed by atoms with Gasteiger partial charge in [-0.15, -0.1) is 0 Å². The van der Waals surface area contributed by atoms with E-state index in [0.29, 0.717) is 6.04 Å². The zero-order chi connectivity index (χ0) is 19.3. The average molecular weight is 369 g/mol. The molecule has 0 saturated carbocycles. The molecule has 140 valence electrons. The Bertz CT molecular complexity index is 1330. The molecular weight excluding hydrogens is 342 g/mol. The van der Waals surface area contributed by atoms with Crippen molar-refractivity contribution < 1.29 is 4.40 Å². The Hall–Kier alpha value is -3.07. The van der Waals surface area contributed by atoms with E-state index in [1.165, 1.54) is 57.1 Å². The van der Waals surface area contributed by atoms with E-state index in [9.17, 15) is 0 Å². The van der Waals surface area contributed by atoms with Crippen LogP contribution in [0.3, 0.4) is 0 Å². The van der Waals surface area contributed by atoms with Crippen LogP contribution in [0.5, 0.6) is 0 Å². The maximum Gasteiger partial charge on any atom is 0.292 e. The first-order valence-corrected chi connectivity index (χ1v) is 10.2.